The Balaban J connectivity index is 1.59. The molecule has 6 atom stereocenters. The molecule has 0 aromatic heterocycles. The number of hydrogen-bond acceptors (Lipinski definition) is 3. The van der Waals surface area contributed by atoms with Crippen molar-refractivity contribution < 1.29 is 4.79 Å². The predicted octanol–water partition coefficient (Wildman–Crippen LogP) is 7.26. The third kappa shape index (κ3) is 4.11. The summed E-state index contributed by atoms with van der Waals surface area (Å²) in [6, 6.07) is 38.7. The number of fused-ring (bicyclic) bond motifs is 2. The highest BCUT2D eigenvalue weighted by molar-refractivity contribution is 5.89. The molecule has 2 fully saturated rings. The summed E-state index contributed by atoms with van der Waals surface area (Å²) in [6.45, 7) is 4.24. The van der Waals surface area contributed by atoms with Gasteiger partial charge in [0.25, 0.3) is 0 Å². The molecule has 4 aromatic carbocycles. The lowest BCUT2D eigenvalue weighted by molar-refractivity contribution is -0.161. The maximum Gasteiger partial charge on any atom is 0.146 e. The van der Waals surface area contributed by atoms with Crippen LogP contribution in [0.15, 0.2) is 109 Å². The van der Waals surface area contributed by atoms with Crippen LogP contribution in [0.5, 0.6) is 0 Å². The first-order valence-corrected chi connectivity index (χ1v) is 13.7. The number of aryl methyl sites for hydroxylation is 2. The molecule has 0 N–H and O–H groups in total. The number of benzene rings is 4. The zero-order valence-electron chi connectivity index (χ0n) is 22.7. The third-order valence-electron chi connectivity index (χ3n) is 8.89. The van der Waals surface area contributed by atoms with E-state index in [0.29, 0.717) is 5.78 Å². The second-order valence-electron chi connectivity index (χ2n) is 11.2. The van der Waals surface area contributed by atoms with Gasteiger partial charge in [-0.05, 0) is 50.2 Å². The van der Waals surface area contributed by atoms with Crippen molar-refractivity contribution in [2.45, 2.75) is 38.0 Å². The van der Waals surface area contributed by atoms with E-state index in [1.807, 2.05) is 0 Å². The van der Waals surface area contributed by atoms with Gasteiger partial charge >= 0.3 is 0 Å². The highest BCUT2D eigenvalue weighted by atomic mass is 16.1. The maximum absolute atomic E-state index is 14.9. The predicted molar refractivity (Wildman–Crippen MR) is 154 cm³/mol. The summed E-state index contributed by atoms with van der Waals surface area (Å²) < 4.78 is 0. The summed E-state index contributed by atoms with van der Waals surface area (Å²) in [7, 11) is 4.46. The van der Waals surface area contributed by atoms with E-state index < -0.39 is 0 Å². The van der Waals surface area contributed by atoms with Crippen LogP contribution in [0.25, 0.3) is 0 Å². The monoisotopic (exact) mass is 500 g/mol. The molecule has 4 aromatic rings. The van der Waals surface area contributed by atoms with E-state index in [4.69, 9.17) is 0 Å². The van der Waals surface area contributed by atoms with Crippen molar-refractivity contribution in [2.75, 3.05) is 14.1 Å². The Morgan fingerprint density at radius 1 is 0.447 bits per heavy atom. The van der Waals surface area contributed by atoms with Crippen LogP contribution >= 0.6 is 0 Å². The van der Waals surface area contributed by atoms with E-state index in [0.717, 1.165) is 0 Å². The second kappa shape index (κ2) is 9.98. The average Bonchev–Trinajstić information content (AvgIpc) is 2.93. The lowest BCUT2D eigenvalue weighted by Crippen LogP contribution is -2.60. The fraction of sp³-hybridized carbons (Fsp3) is 0.286. The molecule has 2 bridgehead atoms. The van der Waals surface area contributed by atoms with Gasteiger partial charge in [0.1, 0.15) is 5.78 Å². The van der Waals surface area contributed by atoms with E-state index >= 15 is 0 Å². The van der Waals surface area contributed by atoms with Crippen LogP contribution in [0.1, 0.15) is 57.5 Å². The number of Topliss-reactive ketones (excluding diaryl/α,β-unsaturated/α-hetero) is 1. The number of carbonyl (C=O) groups excluding carboxylic acids is 1. The minimum Gasteiger partial charge on any atom is -0.299 e. The van der Waals surface area contributed by atoms with Gasteiger partial charge in [-0.15, -0.1) is 0 Å². The van der Waals surface area contributed by atoms with Crippen LogP contribution in [-0.4, -0.2) is 29.7 Å². The molecular formula is C35H36N2O. The molecule has 0 amide bonds. The third-order valence-corrected chi connectivity index (χ3v) is 8.89. The minimum absolute atomic E-state index is 0.0297. The summed E-state index contributed by atoms with van der Waals surface area (Å²) in [6.07, 6.45) is 0. The van der Waals surface area contributed by atoms with Crippen LogP contribution in [0.3, 0.4) is 0 Å². The first kappa shape index (κ1) is 24.8. The first-order valence-electron chi connectivity index (χ1n) is 13.7. The summed E-state index contributed by atoms with van der Waals surface area (Å²) in [5, 5.41) is 0. The number of piperidine rings is 2. The first-order chi connectivity index (χ1) is 18.5. The van der Waals surface area contributed by atoms with Crippen molar-refractivity contribution in [3.63, 3.8) is 0 Å². The molecule has 38 heavy (non-hydrogen) atoms. The van der Waals surface area contributed by atoms with Gasteiger partial charge in [-0.1, -0.05) is 120 Å². The van der Waals surface area contributed by atoms with Gasteiger partial charge in [-0.2, -0.15) is 0 Å². The van der Waals surface area contributed by atoms with Crippen LogP contribution < -0.4 is 0 Å². The lowest BCUT2D eigenvalue weighted by atomic mass is 9.62. The Morgan fingerprint density at radius 3 is 1.05 bits per heavy atom. The summed E-state index contributed by atoms with van der Waals surface area (Å²) in [5.74, 6) is 0.0172. The zero-order valence-corrected chi connectivity index (χ0v) is 22.7. The molecule has 3 nitrogen and oxygen atoms in total. The molecular weight excluding hydrogens is 464 g/mol. The Bertz CT molecular complexity index is 1290. The van der Waals surface area contributed by atoms with Gasteiger partial charge in [0, 0.05) is 24.2 Å². The molecule has 0 spiro atoms. The van der Waals surface area contributed by atoms with Crippen LogP contribution in [-0.2, 0) is 4.79 Å². The molecule has 2 aliphatic rings. The van der Waals surface area contributed by atoms with Gasteiger partial charge in [-0.3, -0.25) is 14.6 Å². The Kier molecular flexibility index (Phi) is 6.51. The average molecular weight is 501 g/mol. The Morgan fingerprint density at radius 2 is 0.737 bits per heavy atom. The van der Waals surface area contributed by atoms with Gasteiger partial charge < -0.3 is 0 Å². The van der Waals surface area contributed by atoms with E-state index in [2.05, 4.69) is 147 Å². The Labute approximate surface area is 226 Å². The number of ketones is 1. The number of rotatable bonds is 4. The molecule has 0 aliphatic carbocycles. The van der Waals surface area contributed by atoms with Gasteiger partial charge in [0.15, 0.2) is 0 Å². The minimum atomic E-state index is -0.179. The van der Waals surface area contributed by atoms with Crippen molar-refractivity contribution in [3.8, 4) is 0 Å². The lowest BCUT2D eigenvalue weighted by Gasteiger charge is -2.59. The molecule has 0 saturated carbocycles. The SMILES string of the molecule is Cc1ccc([C@@H]2[C@@H]3C(=O)[C@@H]([C@H](c4ccccc4)N(C)[C@@H]3c3ccccc3)[C@H](c3ccc(C)cc3)N2C)cc1. The highest BCUT2D eigenvalue weighted by Gasteiger charge is 2.59. The van der Waals surface area contributed by atoms with Crippen molar-refractivity contribution >= 4 is 5.78 Å². The van der Waals surface area contributed by atoms with Crippen LogP contribution in [0.2, 0.25) is 0 Å². The quantitative estimate of drug-likeness (QED) is 0.295. The fourth-order valence-electron chi connectivity index (χ4n) is 7.15. The van der Waals surface area contributed by atoms with Crippen molar-refractivity contribution in [3.05, 3.63) is 143 Å². The maximum atomic E-state index is 14.9. The van der Waals surface area contributed by atoms with Crippen molar-refractivity contribution in [2.24, 2.45) is 11.8 Å². The van der Waals surface area contributed by atoms with E-state index in [1.165, 1.54) is 33.4 Å². The molecule has 6 rings (SSSR count). The topological polar surface area (TPSA) is 23.6 Å². The number of likely N-dealkylation sites (tertiary alicyclic amines) is 2. The van der Waals surface area contributed by atoms with E-state index in [1.54, 1.807) is 0 Å². The molecule has 192 valence electrons. The van der Waals surface area contributed by atoms with Gasteiger partial charge in [-0.25, -0.2) is 0 Å². The molecule has 2 saturated heterocycles. The largest absolute Gasteiger partial charge is 0.299 e. The van der Waals surface area contributed by atoms with Crippen molar-refractivity contribution in [1.29, 1.82) is 0 Å². The van der Waals surface area contributed by atoms with Gasteiger partial charge in [0.05, 0.1) is 11.8 Å². The number of carbonyl (C=O) groups is 1. The number of hydrogen-bond donors (Lipinski definition) is 0. The standard InChI is InChI=1S/C35H36N2O/c1-23-15-19-27(20-16-23)33-29-31(25-11-7-5-8-12-25)36(3)32(26-13-9-6-10-14-26)30(35(29)38)34(37(33)4)28-21-17-24(2)18-22-28/h5-22,29-34H,1-4H3/t29-,30+,31-,32+,33-,34+. The summed E-state index contributed by atoms with van der Waals surface area (Å²) in [4.78, 5) is 19.9. The molecule has 2 aliphatic heterocycles. The van der Waals surface area contributed by atoms with E-state index in [-0.39, 0.29) is 36.0 Å². The fourth-order valence-corrected chi connectivity index (χ4v) is 7.15. The highest BCUT2D eigenvalue weighted by Crippen LogP contribution is 2.59. The normalized spacial score (nSPS) is 27.8. The smallest absolute Gasteiger partial charge is 0.146 e. The summed E-state index contributed by atoms with van der Waals surface area (Å²) in [5.41, 5.74) is 7.28. The van der Waals surface area contributed by atoms with Crippen LogP contribution in [0, 0.1) is 25.7 Å². The molecule has 0 radical (unpaired) electrons. The molecule has 3 heteroatoms. The van der Waals surface area contributed by atoms with Crippen LogP contribution in [0.4, 0.5) is 0 Å². The van der Waals surface area contributed by atoms with E-state index in [9.17, 15) is 4.79 Å². The molecule has 2 heterocycles. The second-order valence-corrected chi connectivity index (χ2v) is 11.2. The number of nitrogens with zero attached hydrogens (tertiary/aromatic N) is 2. The zero-order chi connectivity index (χ0) is 26.4. The Hall–Kier alpha value is -3.53. The van der Waals surface area contributed by atoms with Gasteiger partial charge in [0.2, 0.25) is 0 Å². The van der Waals surface area contributed by atoms with Crippen molar-refractivity contribution in [1.82, 2.24) is 9.80 Å². The summed E-state index contributed by atoms with van der Waals surface area (Å²) >= 11 is 0. The molecule has 0 unspecified atom stereocenters.